The summed E-state index contributed by atoms with van der Waals surface area (Å²) in [7, 11) is -3.61. The zero-order valence-electron chi connectivity index (χ0n) is 20.9. The molecule has 2 amide bonds. The summed E-state index contributed by atoms with van der Waals surface area (Å²) in [4.78, 5) is 31.9. The lowest BCUT2D eigenvalue weighted by Crippen LogP contribution is -2.48. The Morgan fingerprint density at radius 1 is 1.06 bits per heavy atom. The van der Waals surface area contributed by atoms with Gasteiger partial charge in [-0.25, -0.2) is 8.42 Å². The van der Waals surface area contributed by atoms with Gasteiger partial charge in [0.15, 0.2) is 0 Å². The summed E-state index contributed by atoms with van der Waals surface area (Å²) in [5.41, 5.74) is 1.32. The van der Waals surface area contributed by atoms with Crippen LogP contribution in [0.2, 0.25) is 0 Å². The Hall–Kier alpha value is -2.01. The third kappa shape index (κ3) is 5.79. The average molecular weight is 494 g/mol. The van der Waals surface area contributed by atoms with Gasteiger partial charge >= 0.3 is 0 Å². The normalized spacial score (nSPS) is 19.4. The van der Waals surface area contributed by atoms with Crippen LogP contribution in [0.3, 0.4) is 0 Å². The Labute approximate surface area is 204 Å². The predicted octanol–water partition coefficient (Wildman–Crippen LogP) is 1.14. The predicted molar refractivity (Wildman–Crippen MR) is 133 cm³/mol. The molecule has 0 saturated carbocycles. The maximum atomic E-state index is 13.0. The Balaban J connectivity index is 1.62. The fraction of sp³-hybridized carbons (Fsp3) is 0.667. The van der Waals surface area contributed by atoms with E-state index in [4.69, 9.17) is 0 Å². The second kappa shape index (κ2) is 11.6. The molecule has 2 heterocycles. The molecule has 1 aromatic rings. The number of rotatable bonds is 10. The van der Waals surface area contributed by atoms with E-state index in [9.17, 15) is 18.0 Å². The number of nitrogens with zero attached hydrogens (tertiary/aromatic N) is 4. The maximum absolute atomic E-state index is 13.0. The molecule has 0 spiro atoms. The van der Waals surface area contributed by atoms with Gasteiger partial charge in [0.25, 0.3) is 0 Å². The Kier molecular flexibility index (Phi) is 9.08. The smallest absolute Gasteiger partial charge is 0.243 e. The third-order valence-corrected chi connectivity index (χ3v) is 8.93. The molecular weight excluding hydrogens is 454 g/mol. The van der Waals surface area contributed by atoms with Gasteiger partial charge in [-0.2, -0.15) is 4.31 Å². The highest BCUT2D eigenvalue weighted by Crippen LogP contribution is 2.34. The van der Waals surface area contributed by atoms with E-state index in [0.29, 0.717) is 37.3 Å². The molecule has 1 N–H and O–H groups in total. The molecule has 1 saturated heterocycles. The van der Waals surface area contributed by atoms with Gasteiger partial charge in [-0.1, -0.05) is 20.8 Å². The number of hydrogen-bond donors (Lipinski definition) is 1. The molecule has 0 bridgehead atoms. The number of likely N-dealkylation sites (N-methyl/N-ethyl adjacent to an activating group) is 1. The number of carbonyl (C=O) groups excluding carboxylic acids is 2. The summed E-state index contributed by atoms with van der Waals surface area (Å²) in [6, 6.07) is 4.13. The summed E-state index contributed by atoms with van der Waals surface area (Å²) in [5.74, 6) is -0.428. The molecule has 2 aliphatic rings. The first-order valence-electron chi connectivity index (χ1n) is 12.4. The molecule has 1 atom stereocenters. The molecule has 1 aromatic carbocycles. The van der Waals surface area contributed by atoms with Crippen LogP contribution in [-0.2, 0) is 26.0 Å². The number of fused-ring (bicyclic) bond motifs is 1. The van der Waals surface area contributed by atoms with E-state index < -0.39 is 16.1 Å². The second-order valence-electron chi connectivity index (χ2n) is 8.91. The lowest BCUT2D eigenvalue weighted by atomic mass is 10.1. The van der Waals surface area contributed by atoms with Crippen LogP contribution < -0.4 is 10.2 Å². The maximum Gasteiger partial charge on any atom is 0.243 e. The third-order valence-electron chi connectivity index (χ3n) is 6.88. The molecular formula is C24H39N5O4S. The van der Waals surface area contributed by atoms with Crippen LogP contribution in [0.5, 0.6) is 0 Å². The van der Waals surface area contributed by atoms with Crippen molar-refractivity contribution in [2.45, 2.75) is 51.5 Å². The molecule has 34 heavy (non-hydrogen) atoms. The fourth-order valence-electron chi connectivity index (χ4n) is 4.86. The number of nitrogens with one attached hydrogen (secondary N) is 1. The Morgan fingerprint density at radius 3 is 2.29 bits per heavy atom. The molecule has 10 heteroatoms. The number of amides is 2. The summed E-state index contributed by atoms with van der Waals surface area (Å²) in [5, 5.41) is 2.99. The van der Waals surface area contributed by atoms with Gasteiger partial charge in [0.1, 0.15) is 6.04 Å². The Morgan fingerprint density at radius 2 is 1.71 bits per heavy atom. The van der Waals surface area contributed by atoms with Crippen LogP contribution in [0.4, 0.5) is 5.69 Å². The van der Waals surface area contributed by atoms with E-state index in [0.717, 1.165) is 45.7 Å². The monoisotopic (exact) mass is 493 g/mol. The minimum Gasteiger partial charge on any atom is -0.354 e. The van der Waals surface area contributed by atoms with Gasteiger partial charge < -0.3 is 15.1 Å². The number of benzene rings is 1. The van der Waals surface area contributed by atoms with Crippen molar-refractivity contribution in [3.8, 4) is 0 Å². The van der Waals surface area contributed by atoms with Gasteiger partial charge in [-0.3, -0.25) is 14.5 Å². The quantitative estimate of drug-likeness (QED) is 0.492. The van der Waals surface area contributed by atoms with Crippen LogP contribution >= 0.6 is 0 Å². The van der Waals surface area contributed by atoms with Gasteiger partial charge in [0.05, 0.1) is 4.90 Å². The highest BCUT2D eigenvalue weighted by molar-refractivity contribution is 7.89. The van der Waals surface area contributed by atoms with Crippen LogP contribution in [-0.4, -0.2) is 99.3 Å². The van der Waals surface area contributed by atoms with Crippen LogP contribution in [0.25, 0.3) is 0 Å². The highest BCUT2D eigenvalue weighted by atomic mass is 32.2. The Bertz CT molecular complexity index is 972. The van der Waals surface area contributed by atoms with Crippen LogP contribution in [0.15, 0.2) is 23.1 Å². The standard InChI is InChI=1S/C24H39N5O4S/c1-5-26-13-15-27(16-14-26)12-8-11-25-24(31)23-18-20-17-21(34(32,33)28(6-2)7-3)9-10-22(20)29(23)19(4)30/h9-10,17,23H,5-8,11-16,18H2,1-4H3,(H,25,31)/t23-/m0/s1. The van der Waals surface area contributed by atoms with Crippen molar-refractivity contribution in [1.82, 2.24) is 19.4 Å². The first-order chi connectivity index (χ1) is 16.2. The van der Waals surface area contributed by atoms with Gasteiger partial charge in [0, 0.05) is 64.8 Å². The average Bonchev–Trinajstić information content (AvgIpc) is 3.22. The van der Waals surface area contributed by atoms with Gasteiger partial charge in [-0.05, 0) is 43.3 Å². The largest absolute Gasteiger partial charge is 0.354 e. The summed E-state index contributed by atoms with van der Waals surface area (Å²) in [6.07, 6.45) is 1.16. The molecule has 190 valence electrons. The van der Waals surface area contributed by atoms with Crippen LogP contribution in [0, 0.1) is 0 Å². The van der Waals surface area contributed by atoms with E-state index in [-0.39, 0.29) is 16.7 Å². The lowest BCUT2D eigenvalue weighted by Gasteiger charge is -2.34. The van der Waals surface area contributed by atoms with Gasteiger partial charge in [0.2, 0.25) is 21.8 Å². The van der Waals surface area contributed by atoms with Crippen molar-refractivity contribution in [1.29, 1.82) is 0 Å². The zero-order valence-corrected chi connectivity index (χ0v) is 21.7. The van der Waals surface area contributed by atoms with E-state index >= 15 is 0 Å². The first-order valence-corrected chi connectivity index (χ1v) is 13.8. The molecule has 9 nitrogen and oxygen atoms in total. The molecule has 0 aliphatic carbocycles. The van der Waals surface area contributed by atoms with E-state index in [1.165, 1.54) is 22.2 Å². The molecule has 0 aromatic heterocycles. The number of anilines is 1. The number of hydrogen-bond acceptors (Lipinski definition) is 6. The zero-order chi connectivity index (χ0) is 24.9. The van der Waals surface area contributed by atoms with E-state index in [2.05, 4.69) is 22.0 Å². The van der Waals surface area contributed by atoms with Crippen molar-refractivity contribution >= 4 is 27.5 Å². The van der Waals surface area contributed by atoms with Crippen molar-refractivity contribution < 1.29 is 18.0 Å². The summed E-state index contributed by atoms with van der Waals surface area (Å²) < 4.78 is 27.3. The van der Waals surface area contributed by atoms with Gasteiger partial charge in [-0.15, -0.1) is 0 Å². The SMILES string of the molecule is CCN1CCN(CCCNC(=O)[C@@H]2Cc3cc(S(=O)(=O)N(CC)CC)ccc3N2C(C)=O)CC1. The van der Waals surface area contributed by atoms with Crippen LogP contribution in [0.1, 0.15) is 39.7 Å². The molecule has 0 unspecified atom stereocenters. The van der Waals surface area contributed by atoms with Crippen molar-refractivity contribution in [3.05, 3.63) is 23.8 Å². The second-order valence-corrected chi connectivity index (χ2v) is 10.8. The first kappa shape index (κ1) is 26.6. The van der Waals surface area contributed by atoms with Crippen molar-refractivity contribution in [3.63, 3.8) is 0 Å². The number of sulfonamides is 1. The van der Waals surface area contributed by atoms with E-state index in [1.807, 2.05) is 0 Å². The number of carbonyl (C=O) groups is 2. The van der Waals surface area contributed by atoms with Crippen molar-refractivity contribution in [2.75, 3.05) is 63.8 Å². The highest BCUT2D eigenvalue weighted by Gasteiger charge is 2.37. The van der Waals surface area contributed by atoms with Crippen molar-refractivity contribution in [2.24, 2.45) is 0 Å². The molecule has 3 rings (SSSR count). The lowest BCUT2D eigenvalue weighted by molar-refractivity contribution is -0.125. The van der Waals surface area contributed by atoms with E-state index in [1.54, 1.807) is 26.0 Å². The minimum absolute atomic E-state index is 0.197. The molecule has 2 aliphatic heterocycles. The fourth-order valence-corrected chi connectivity index (χ4v) is 6.37. The topological polar surface area (TPSA) is 93.3 Å². The number of piperazine rings is 1. The summed E-state index contributed by atoms with van der Waals surface area (Å²) in [6.45, 7) is 14.8. The minimum atomic E-state index is -3.61. The summed E-state index contributed by atoms with van der Waals surface area (Å²) >= 11 is 0. The molecule has 1 fully saturated rings. The molecule has 0 radical (unpaired) electrons.